The molecule has 1 aromatic carbocycles. The number of hydrogen-bond donors (Lipinski definition) is 2. The summed E-state index contributed by atoms with van der Waals surface area (Å²) in [7, 11) is -3.42. The Labute approximate surface area is 150 Å². The van der Waals surface area contributed by atoms with Crippen molar-refractivity contribution in [1.29, 1.82) is 0 Å². The minimum atomic E-state index is -3.42. The molecule has 0 heterocycles. The van der Waals surface area contributed by atoms with E-state index in [2.05, 4.69) is 5.32 Å². The molecular formula is C19H28N2O3S. The van der Waals surface area contributed by atoms with Crippen LogP contribution >= 0.6 is 0 Å². The highest BCUT2D eigenvalue weighted by Gasteiger charge is 2.39. The van der Waals surface area contributed by atoms with E-state index in [0.29, 0.717) is 11.8 Å². The number of fused-ring (bicyclic) bond motifs is 2. The maximum absolute atomic E-state index is 12.4. The van der Waals surface area contributed by atoms with Gasteiger partial charge in [-0.15, -0.1) is 0 Å². The van der Waals surface area contributed by atoms with E-state index >= 15 is 0 Å². The minimum absolute atomic E-state index is 0.0121. The molecule has 2 saturated carbocycles. The van der Waals surface area contributed by atoms with Crippen LogP contribution < -0.4 is 11.1 Å². The van der Waals surface area contributed by atoms with Crippen molar-refractivity contribution in [3.8, 4) is 0 Å². The Hall–Kier alpha value is -1.40. The van der Waals surface area contributed by atoms with E-state index in [1.54, 1.807) is 24.3 Å². The summed E-state index contributed by atoms with van der Waals surface area (Å²) in [6.07, 6.45) is 5.36. The van der Waals surface area contributed by atoms with Gasteiger partial charge in [0.05, 0.1) is 10.6 Å². The maximum Gasteiger partial charge on any atom is 0.221 e. The number of amides is 1. The summed E-state index contributed by atoms with van der Waals surface area (Å²) in [5.74, 6) is 0.581. The first-order chi connectivity index (χ1) is 11.8. The number of rotatable bonds is 5. The van der Waals surface area contributed by atoms with Crippen molar-refractivity contribution in [2.75, 3.05) is 5.75 Å². The Morgan fingerprint density at radius 3 is 2.36 bits per heavy atom. The van der Waals surface area contributed by atoms with Crippen LogP contribution in [0.15, 0.2) is 29.2 Å². The fourth-order valence-electron chi connectivity index (χ4n) is 4.37. The SMILES string of the molecule is Cc1ccc(S(=O)(=O)CCC(=O)NC2C3CCCC2CC(N)C3)cc1. The summed E-state index contributed by atoms with van der Waals surface area (Å²) in [5, 5.41) is 3.12. The lowest BCUT2D eigenvalue weighted by Crippen LogP contribution is -2.53. The summed E-state index contributed by atoms with van der Waals surface area (Å²) in [6, 6.07) is 7.18. The number of sulfone groups is 1. The number of carbonyl (C=O) groups excluding carboxylic acids is 1. The molecule has 0 saturated heterocycles. The normalized spacial score (nSPS) is 29.2. The van der Waals surface area contributed by atoms with Crippen LogP contribution in [0.2, 0.25) is 0 Å². The van der Waals surface area contributed by atoms with Gasteiger partial charge in [0.15, 0.2) is 9.84 Å². The molecular weight excluding hydrogens is 336 g/mol. The Bertz CT molecular complexity index is 701. The van der Waals surface area contributed by atoms with Crippen LogP contribution in [-0.4, -0.2) is 32.2 Å². The molecule has 2 aliphatic carbocycles. The number of carbonyl (C=O) groups is 1. The van der Waals surface area contributed by atoms with Crippen LogP contribution in [-0.2, 0) is 14.6 Å². The summed E-state index contributed by atoms with van der Waals surface area (Å²) >= 11 is 0. The summed E-state index contributed by atoms with van der Waals surface area (Å²) in [5.41, 5.74) is 7.13. The van der Waals surface area contributed by atoms with Crippen molar-refractivity contribution in [3.63, 3.8) is 0 Å². The van der Waals surface area contributed by atoms with Gasteiger partial charge in [0.25, 0.3) is 0 Å². The van der Waals surface area contributed by atoms with Gasteiger partial charge in [0.2, 0.25) is 5.91 Å². The van der Waals surface area contributed by atoms with E-state index in [1.165, 1.54) is 6.42 Å². The topological polar surface area (TPSA) is 89.3 Å². The van der Waals surface area contributed by atoms with E-state index in [4.69, 9.17) is 5.73 Å². The molecule has 0 aromatic heterocycles. The Kier molecular flexibility index (Phi) is 5.49. The van der Waals surface area contributed by atoms with Gasteiger partial charge in [-0.2, -0.15) is 0 Å². The summed E-state index contributed by atoms with van der Waals surface area (Å²) < 4.78 is 24.8. The van der Waals surface area contributed by atoms with Crippen molar-refractivity contribution in [2.45, 2.75) is 62.4 Å². The lowest BCUT2D eigenvalue weighted by atomic mass is 9.67. The third kappa shape index (κ3) is 4.42. The second-order valence-corrected chi connectivity index (χ2v) is 9.77. The van der Waals surface area contributed by atoms with Crippen molar-refractivity contribution >= 4 is 15.7 Å². The quantitative estimate of drug-likeness (QED) is 0.838. The number of nitrogens with one attached hydrogen (secondary N) is 1. The third-order valence-electron chi connectivity index (χ3n) is 5.68. The van der Waals surface area contributed by atoms with Crippen molar-refractivity contribution in [1.82, 2.24) is 5.32 Å². The van der Waals surface area contributed by atoms with Crippen LogP contribution in [0.4, 0.5) is 0 Å². The van der Waals surface area contributed by atoms with Gasteiger partial charge in [-0.25, -0.2) is 8.42 Å². The van der Waals surface area contributed by atoms with Gasteiger partial charge < -0.3 is 11.1 Å². The van der Waals surface area contributed by atoms with Crippen LogP contribution in [0.5, 0.6) is 0 Å². The zero-order chi connectivity index (χ0) is 18.0. The standard InChI is InChI=1S/C19H28N2O3S/c1-13-5-7-17(8-6-13)25(23,24)10-9-18(22)21-19-14-3-2-4-15(19)12-16(20)11-14/h5-8,14-16,19H,2-4,9-12,20H2,1H3,(H,21,22). The third-order valence-corrected chi connectivity index (χ3v) is 7.41. The van der Waals surface area contributed by atoms with E-state index in [-0.39, 0.29) is 35.1 Å². The molecule has 2 unspecified atom stereocenters. The fraction of sp³-hybridized carbons (Fsp3) is 0.632. The largest absolute Gasteiger partial charge is 0.353 e. The number of nitrogens with two attached hydrogens (primary N) is 1. The van der Waals surface area contributed by atoms with E-state index in [0.717, 1.165) is 31.2 Å². The lowest BCUT2D eigenvalue weighted by molar-refractivity contribution is -0.123. The number of aryl methyl sites for hydroxylation is 1. The summed E-state index contributed by atoms with van der Waals surface area (Å²) in [4.78, 5) is 12.6. The first-order valence-corrected chi connectivity index (χ1v) is 10.8. The zero-order valence-corrected chi connectivity index (χ0v) is 15.6. The van der Waals surface area contributed by atoms with Crippen molar-refractivity contribution < 1.29 is 13.2 Å². The maximum atomic E-state index is 12.4. The first-order valence-electron chi connectivity index (χ1n) is 9.19. The highest BCUT2D eigenvalue weighted by molar-refractivity contribution is 7.91. The Balaban J connectivity index is 1.57. The molecule has 1 amide bonds. The Morgan fingerprint density at radius 2 is 1.76 bits per heavy atom. The number of hydrogen-bond acceptors (Lipinski definition) is 4. The van der Waals surface area contributed by atoms with Gasteiger partial charge in [-0.1, -0.05) is 24.1 Å². The average molecular weight is 365 g/mol. The summed E-state index contributed by atoms with van der Waals surface area (Å²) in [6.45, 7) is 1.91. The van der Waals surface area contributed by atoms with Crippen LogP contribution in [0, 0.1) is 18.8 Å². The van der Waals surface area contributed by atoms with E-state index in [1.807, 2.05) is 6.92 Å². The predicted molar refractivity (Wildman–Crippen MR) is 97.8 cm³/mol. The molecule has 6 heteroatoms. The highest BCUT2D eigenvalue weighted by Crippen LogP contribution is 2.39. The molecule has 0 radical (unpaired) electrons. The second-order valence-electron chi connectivity index (χ2n) is 7.66. The van der Waals surface area contributed by atoms with Crippen molar-refractivity contribution in [3.05, 3.63) is 29.8 Å². The van der Waals surface area contributed by atoms with E-state index < -0.39 is 9.84 Å². The van der Waals surface area contributed by atoms with Crippen LogP contribution in [0.1, 0.15) is 44.1 Å². The molecule has 3 rings (SSSR count). The molecule has 5 nitrogen and oxygen atoms in total. The van der Waals surface area contributed by atoms with Crippen molar-refractivity contribution in [2.24, 2.45) is 17.6 Å². The monoisotopic (exact) mass is 364 g/mol. The molecule has 2 bridgehead atoms. The Morgan fingerprint density at radius 1 is 1.16 bits per heavy atom. The predicted octanol–water partition coefficient (Wildman–Crippen LogP) is 2.18. The molecule has 0 aliphatic heterocycles. The molecule has 2 atom stereocenters. The molecule has 138 valence electrons. The zero-order valence-electron chi connectivity index (χ0n) is 14.8. The molecule has 2 aliphatic rings. The molecule has 1 aromatic rings. The van der Waals surface area contributed by atoms with Gasteiger partial charge in [0, 0.05) is 18.5 Å². The van der Waals surface area contributed by atoms with E-state index in [9.17, 15) is 13.2 Å². The van der Waals surface area contributed by atoms with Gasteiger partial charge in [-0.05, 0) is 56.6 Å². The smallest absolute Gasteiger partial charge is 0.221 e. The average Bonchev–Trinajstić information content (AvgIpc) is 2.54. The second kappa shape index (κ2) is 7.46. The molecule has 0 spiro atoms. The number of benzene rings is 1. The highest BCUT2D eigenvalue weighted by atomic mass is 32.2. The molecule has 25 heavy (non-hydrogen) atoms. The lowest BCUT2D eigenvalue weighted by Gasteiger charge is -2.45. The molecule has 3 N–H and O–H groups in total. The van der Waals surface area contributed by atoms with Crippen LogP contribution in [0.25, 0.3) is 0 Å². The van der Waals surface area contributed by atoms with Gasteiger partial charge in [0.1, 0.15) is 0 Å². The van der Waals surface area contributed by atoms with Gasteiger partial charge >= 0.3 is 0 Å². The molecule has 2 fully saturated rings. The minimum Gasteiger partial charge on any atom is -0.353 e. The van der Waals surface area contributed by atoms with Crippen LogP contribution in [0.3, 0.4) is 0 Å². The van der Waals surface area contributed by atoms with Gasteiger partial charge in [-0.3, -0.25) is 4.79 Å². The fourth-order valence-corrected chi connectivity index (χ4v) is 5.61. The first kappa shape index (κ1) is 18.4.